The van der Waals surface area contributed by atoms with Gasteiger partial charge in [-0.25, -0.2) is 9.59 Å². The lowest BCUT2D eigenvalue weighted by Crippen LogP contribution is -2.59. The molecule has 2 atom stereocenters. The van der Waals surface area contributed by atoms with Gasteiger partial charge in [0.1, 0.15) is 0 Å². The fourth-order valence-corrected chi connectivity index (χ4v) is 7.97. The predicted octanol–water partition coefficient (Wildman–Crippen LogP) is 4.50. The lowest BCUT2D eigenvalue weighted by atomic mass is 9.91. The number of piperazine rings is 1. The molecule has 12 nitrogen and oxygen atoms in total. The highest BCUT2D eigenvalue weighted by Crippen LogP contribution is 2.30. The molecule has 6 rings (SSSR count). The number of halogens is 1. The number of aryl methyl sites for hydroxylation is 1. The molecule has 4 aliphatic heterocycles. The van der Waals surface area contributed by atoms with Crippen LogP contribution in [-0.4, -0.2) is 125 Å². The first-order chi connectivity index (χ1) is 23.5. The summed E-state index contributed by atoms with van der Waals surface area (Å²) in [5.74, 6) is -0.606. The second-order valence-electron chi connectivity index (χ2n) is 13.9. The Kier molecular flexibility index (Phi) is 11.0. The zero-order valence-electron chi connectivity index (χ0n) is 28.4. The highest BCUT2D eigenvalue weighted by molar-refractivity contribution is 6.31. The van der Waals surface area contributed by atoms with E-state index in [1.165, 1.54) is 0 Å². The van der Waals surface area contributed by atoms with Crippen molar-refractivity contribution < 1.29 is 29.0 Å². The first-order valence-corrected chi connectivity index (χ1v) is 17.7. The minimum absolute atomic E-state index is 0.0327. The van der Waals surface area contributed by atoms with Gasteiger partial charge in [-0.15, -0.1) is 0 Å². The molecule has 0 aromatic heterocycles. The average molecular weight is 695 g/mol. The van der Waals surface area contributed by atoms with Crippen molar-refractivity contribution in [2.45, 2.75) is 70.3 Å². The van der Waals surface area contributed by atoms with Gasteiger partial charge in [-0.2, -0.15) is 0 Å². The van der Waals surface area contributed by atoms with E-state index >= 15 is 0 Å². The smallest absolute Gasteiger partial charge is 0.450 e. The fraction of sp³-hybridized carbons (Fsp3) is 0.556. The molecule has 0 saturated carbocycles. The van der Waals surface area contributed by atoms with Crippen molar-refractivity contribution in [2.24, 2.45) is 5.92 Å². The van der Waals surface area contributed by atoms with Crippen molar-refractivity contribution in [3.8, 4) is 0 Å². The molecule has 2 aromatic rings. The van der Waals surface area contributed by atoms with Crippen LogP contribution >= 0.6 is 11.6 Å². The standard InChI is InChI=1S/C36H47ClN6O6/c1-24-19-25(7-8-30(24)37)20-27(34(45)41-15-11-28(12-16-41)42-18-17-39(2)23-33(42)49-36(47)48)21-32(44)40-13-9-29(10-14-40)43-22-26-5-3-4-6-31(26)38-35(43)46/h3-8,19,27-29,33H,9-18,20-23H2,1-2H3,(H,38,46)(H,47,48). The lowest BCUT2D eigenvalue weighted by molar-refractivity contribution is -0.144. The summed E-state index contributed by atoms with van der Waals surface area (Å²) in [5.41, 5.74) is 3.82. The number of carboxylic acid groups (broad SMARTS) is 1. The normalized spacial score (nSPS) is 22.0. The summed E-state index contributed by atoms with van der Waals surface area (Å²) < 4.78 is 5.23. The molecular weight excluding hydrogens is 648 g/mol. The number of hydrogen-bond acceptors (Lipinski definition) is 7. The summed E-state index contributed by atoms with van der Waals surface area (Å²) in [6.45, 7) is 6.65. The van der Waals surface area contributed by atoms with Crippen LogP contribution in [0.5, 0.6) is 0 Å². The number of fused-ring (bicyclic) bond motifs is 1. The molecule has 0 radical (unpaired) electrons. The molecule has 264 valence electrons. The Bertz CT molecular complexity index is 1540. The van der Waals surface area contributed by atoms with Gasteiger partial charge in [0.05, 0.1) is 5.92 Å². The number of hydrogen-bond donors (Lipinski definition) is 2. The van der Waals surface area contributed by atoms with E-state index in [9.17, 15) is 24.3 Å². The van der Waals surface area contributed by atoms with Crippen LogP contribution in [0.25, 0.3) is 0 Å². The van der Waals surface area contributed by atoms with Crippen LogP contribution in [0.4, 0.5) is 15.3 Å². The highest BCUT2D eigenvalue weighted by Gasteiger charge is 2.38. The molecule has 0 spiro atoms. The van der Waals surface area contributed by atoms with Gasteiger partial charge in [-0.05, 0) is 74.9 Å². The van der Waals surface area contributed by atoms with Gasteiger partial charge in [0.2, 0.25) is 11.8 Å². The van der Waals surface area contributed by atoms with Gasteiger partial charge in [-0.1, -0.05) is 41.9 Å². The summed E-state index contributed by atoms with van der Waals surface area (Å²) >= 11 is 6.30. The van der Waals surface area contributed by atoms with E-state index < -0.39 is 18.3 Å². The highest BCUT2D eigenvalue weighted by atomic mass is 35.5. The number of nitrogens with zero attached hydrogens (tertiary/aromatic N) is 5. The molecule has 2 N–H and O–H groups in total. The van der Waals surface area contributed by atoms with E-state index in [1.807, 2.05) is 71.1 Å². The van der Waals surface area contributed by atoms with Crippen LogP contribution in [0, 0.1) is 12.8 Å². The Morgan fingerprint density at radius 3 is 2.37 bits per heavy atom. The van der Waals surface area contributed by atoms with Gasteiger partial charge in [0.25, 0.3) is 0 Å². The maximum atomic E-state index is 14.2. The Morgan fingerprint density at radius 2 is 1.65 bits per heavy atom. The van der Waals surface area contributed by atoms with Gasteiger partial charge in [0.15, 0.2) is 6.23 Å². The summed E-state index contributed by atoms with van der Waals surface area (Å²) in [6, 6.07) is 13.6. The summed E-state index contributed by atoms with van der Waals surface area (Å²) in [7, 11) is 1.95. The number of carbonyl (C=O) groups is 4. The predicted molar refractivity (Wildman–Crippen MR) is 185 cm³/mol. The molecule has 0 bridgehead atoms. The third kappa shape index (κ3) is 8.30. The van der Waals surface area contributed by atoms with Crippen LogP contribution in [0.3, 0.4) is 0 Å². The van der Waals surface area contributed by atoms with Crippen LogP contribution in [0.2, 0.25) is 5.02 Å². The van der Waals surface area contributed by atoms with E-state index in [0.29, 0.717) is 82.9 Å². The molecule has 3 fully saturated rings. The van der Waals surface area contributed by atoms with Gasteiger partial charge in [-0.3, -0.25) is 14.5 Å². The molecule has 4 amide bonds. The van der Waals surface area contributed by atoms with Gasteiger partial charge in [0, 0.05) is 81.6 Å². The van der Waals surface area contributed by atoms with E-state index in [-0.39, 0.29) is 36.3 Å². The number of anilines is 1. The number of likely N-dealkylation sites (tertiary alicyclic amines) is 2. The maximum absolute atomic E-state index is 14.2. The molecule has 49 heavy (non-hydrogen) atoms. The number of carbonyl (C=O) groups excluding carboxylic acids is 3. The number of benzene rings is 2. The Labute approximate surface area is 292 Å². The maximum Gasteiger partial charge on any atom is 0.507 e. The number of nitrogens with one attached hydrogen (secondary N) is 1. The minimum Gasteiger partial charge on any atom is -0.450 e. The largest absolute Gasteiger partial charge is 0.507 e. The number of urea groups is 1. The number of amides is 4. The number of ether oxygens (including phenoxy) is 1. The number of likely N-dealkylation sites (N-methyl/N-ethyl adjacent to an activating group) is 1. The molecule has 13 heteroatoms. The summed E-state index contributed by atoms with van der Waals surface area (Å²) in [4.78, 5) is 62.0. The second-order valence-corrected chi connectivity index (χ2v) is 14.3. The zero-order valence-corrected chi connectivity index (χ0v) is 29.1. The van der Waals surface area contributed by atoms with E-state index in [4.69, 9.17) is 16.3 Å². The summed E-state index contributed by atoms with van der Waals surface area (Å²) in [6.07, 6.45) is 1.50. The second kappa shape index (κ2) is 15.3. The molecule has 3 saturated heterocycles. The van der Waals surface area contributed by atoms with E-state index in [0.717, 1.165) is 28.9 Å². The SMILES string of the molecule is Cc1cc(CC(CC(=O)N2CCC(N3Cc4ccccc4NC3=O)CC2)C(=O)N2CCC(N3CCN(C)CC3OC(=O)O)CC2)ccc1Cl. The molecule has 4 aliphatic rings. The molecule has 0 aliphatic carbocycles. The van der Waals surface area contributed by atoms with Crippen molar-refractivity contribution in [1.82, 2.24) is 24.5 Å². The third-order valence-electron chi connectivity index (χ3n) is 10.7. The Morgan fingerprint density at radius 1 is 0.959 bits per heavy atom. The molecule has 2 unspecified atom stereocenters. The van der Waals surface area contributed by atoms with Crippen molar-refractivity contribution >= 4 is 41.3 Å². The number of piperidine rings is 2. The minimum atomic E-state index is -1.28. The topological polar surface area (TPSA) is 126 Å². The number of para-hydroxylation sites is 1. The Balaban J connectivity index is 1.08. The van der Waals surface area contributed by atoms with Crippen LogP contribution in [0.15, 0.2) is 42.5 Å². The van der Waals surface area contributed by atoms with Crippen molar-refractivity contribution in [3.05, 3.63) is 64.2 Å². The first kappa shape index (κ1) is 35.0. The monoisotopic (exact) mass is 694 g/mol. The molecule has 4 heterocycles. The zero-order chi connectivity index (χ0) is 34.7. The van der Waals surface area contributed by atoms with Crippen LogP contribution in [-0.2, 0) is 27.3 Å². The average Bonchev–Trinajstić information content (AvgIpc) is 3.09. The summed E-state index contributed by atoms with van der Waals surface area (Å²) in [5, 5.41) is 13.0. The van der Waals surface area contributed by atoms with Crippen molar-refractivity contribution in [2.75, 3.05) is 58.2 Å². The van der Waals surface area contributed by atoms with E-state index in [1.54, 1.807) is 0 Å². The first-order valence-electron chi connectivity index (χ1n) is 17.4. The van der Waals surface area contributed by atoms with E-state index in [2.05, 4.69) is 15.1 Å². The quantitative estimate of drug-likeness (QED) is 0.387. The number of rotatable bonds is 8. The Hall–Kier alpha value is -3.87. The van der Waals surface area contributed by atoms with Gasteiger partial charge < -0.3 is 34.8 Å². The van der Waals surface area contributed by atoms with Crippen LogP contribution in [0.1, 0.15) is 48.8 Å². The van der Waals surface area contributed by atoms with Crippen molar-refractivity contribution in [1.29, 1.82) is 0 Å². The lowest BCUT2D eigenvalue weighted by Gasteiger charge is -2.45. The van der Waals surface area contributed by atoms with Crippen LogP contribution < -0.4 is 5.32 Å². The fourth-order valence-electron chi connectivity index (χ4n) is 7.86. The third-order valence-corrected chi connectivity index (χ3v) is 11.1. The van der Waals surface area contributed by atoms with Crippen molar-refractivity contribution in [3.63, 3.8) is 0 Å². The molecular formula is C36H47ClN6O6. The van der Waals surface area contributed by atoms with Gasteiger partial charge >= 0.3 is 12.2 Å². The molecule has 2 aromatic carbocycles.